The third-order valence-corrected chi connectivity index (χ3v) is 3.30. The molecule has 6 heteroatoms. The van der Waals surface area contributed by atoms with E-state index in [0.717, 1.165) is 5.56 Å². The Morgan fingerprint density at radius 2 is 1.78 bits per heavy atom. The molecule has 0 aliphatic carbocycles. The van der Waals surface area contributed by atoms with Gasteiger partial charge in [-0.25, -0.2) is 5.43 Å². The molecule has 0 fully saturated rings. The number of benzene rings is 2. The number of rotatable bonds is 5. The van der Waals surface area contributed by atoms with Gasteiger partial charge in [0.25, 0.3) is 5.91 Å². The van der Waals surface area contributed by atoms with Crippen LogP contribution in [0.15, 0.2) is 47.6 Å². The highest BCUT2D eigenvalue weighted by molar-refractivity contribution is 6.02. The molecule has 2 aromatic rings. The first-order valence-corrected chi connectivity index (χ1v) is 6.97. The molecule has 0 atom stereocenters. The van der Waals surface area contributed by atoms with Gasteiger partial charge in [0.1, 0.15) is 11.5 Å². The number of amides is 1. The zero-order valence-corrected chi connectivity index (χ0v) is 13.3. The second-order valence-electron chi connectivity index (χ2n) is 4.83. The van der Waals surface area contributed by atoms with Gasteiger partial charge in [0.15, 0.2) is 0 Å². The van der Waals surface area contributed by atoms with Crippen LogP contribution in [0.25, 0.3) is 0 Å². The number of nitrogens with two attached hydrogens (primary N) is 1. The molecule has 2 aromatic carbocycles. The maximum absolute atomic E-state index is 12.0. The average Bonchev–Trinajstić information content (AvgIpc) is 2.59. The second-order valence-corrected chi connectivity index (χ2v) is 4.83. The summed E-state index contributed by atoms with van der Waals surface area (Å²) in [5.74, 6) is 0.994. The zero-order chi connectivity index (χ0) is 16.8. The number of hydrogen-bond acceptors (Lipinski definition) is 5. The normalized spacial score (nSPS) is 11.0. The number of anilines is 1. The first kappa shape index (κ1) is 16.4. The standard InChI is InChI=1S/C17H19N3O3/c1-11(15-9-8-14(22-2)10-16(15)23-3)19-20-17(21)12-4-6-13(18)7-5-12/h4-10H,18H2,1-3H3,(H,20,21)/b19-11-. The van der Waals surface area contributed by atoms with Gasteiger partial charge >= 0.3 is 0 Å². The molecular formula is C17H19N3O3. The van der Waals surface area contributed by atoms with Gasteiger partial charge in [-0.2, -0.15) is 5.10 Å². The number of carbonyl (C=O) groups is 1. The highest BCUT2D eigenvalue weighted by Gasteiger charge is 2.09. The number of ether oxygens (including phenoxy) is 2. The third-order valence-electron chi connectivity index (χ3n) is 3.30. The Bertz CT molecular complexity index is 724. The molecule has 0 aliphatic heterocycles. The van der Waals surface area contributed by atoms with E-state index in [0.29, 0.717) is 28.5 Å². The molecule has 3 N–H and O–H groups in total. The van der Waals surface area contributed by atoms with E-state index in [-0.39, 0.29) is 5.91 Å². The molecule has 23 heavy (non-hydrogen) atoms. The molecule has 0 heterocycles. The zero-order valence-electron chi connectivity index (χ0n) is 13.3. The molecular weight excluding hydrogens is 294 g/mol. The minimum absolute atomic E-state index is 0.308. The van der Waals surface area contributed by atoms with Crippen molar-refractivity contribution < 1.29 is 14.3 Å². The SMILES string of the molecule is COc1ccc(/C(C)=N\NC(=O)c2ccc(N)cc2)c(OC)c1. The Morgan fingerprint density at radius 3 is 2.39 bits per heavy atom. The van der Waals surface area contributed by atoms with Gasteiger partial charge in [-0.3, -0.25) is 4.79 Å². The summed E-state index contributed by atoms with van der Waals surface area (Å²) in [5, 5.41) is 4.12. The summed E-state index contributed by atoms with van der Waals surface area (Å²) in [6.45, 7) is 1.79. The van der Waals surface area contributed by atoms with E-state index < -0.39 is 0 Å². The minimum Gasteiger partial charge on any atom is -0.497 e. The van der Waals surface area contributed by atoms with Crippen molar-refractivity contribution in [3.8, 4) is 11.5 Å². The molecule has 0 saturated heterocycles. The second kappa shape index (κ2) is 7.31. The molecule has 0 radical (unpaired) electrons. The Morgan fingerprint density at radius 1 is 1.09 bits per heavy atom. The van der Waals surface area contributed by atoms with Crippen LogP contribution in [0, 0.1) is 0 Å². The Kier molecular flexibility index (Phi) is 5.19. The van der Waals surface area contributed by atoms with E-state index >= 15 is 0 Å². The molecule has 120 valence electrons. The quantitative estimate of drug-likeness (QED) is 0.504. The van der Waals surface area contributed by atoms with Crippen molar-refractivity contribution in [1.82, 2.24) is 5.43 Å². The van der Waals surface area contributed by atoms with Crippen molar-refractivity contribution in [3.63, 3.8) is 0 Å². The van der Waals surface area contributed by atoms with Gasteiger partial charge in [0, 0.05) is 22.9 Å². The topological polar surface area (TPSA) is 85.9 Å². The van der Waals surface area contributed by atoms with E-state index in [1.165, 1.54) is 0 Å². The van der Waals surface area contributed by atoms with Gasteiger partial charge in [-0.15, -0.1) is 0 Å². The predicted molar refractivity (Wildman–Crippen MR) is 90.1 cm³/mol. The summed E-state index contributed by atoms with van der Waals surface area (Å²) >= 11 is 0. The average molecular weight is 313 g/mol. The van der Waals surface area contributed by atoms with Crippen molar-refractivity contribution >= 4 is 17.3 Å². The van der Waals surface area contributed by atoms with Crippen molar-refractivity contribution in [2.45, 2.75) is 6.92 Å². The van der Waals surface area contributed by atoms with Crippen molar-refractivity contribution in [2.75, 3.05) is 20.0 Å². The molecule has 1 amide bonds. The monoisotopic (exact) mass is 313 g/mol. The lowest BCUT2D eigenvalue weighted by atomic mass is 10.1. The molecule has 0 unspecified atom stereocenters. The van der Waals surface area contributed by atoms with Crippen molar-refractivity contribution in [2.24, 2.45) is 5.10 Å². The van der Waals surface area contributed by atoms with Crippen LogP contribution < -0.4 is 20.6 Å². The predicted octanol–water partition coefficient (Wildman–Crippen LogP) is 2.44. The highest BCUT2D eigenvalue weighted by Crippen LogP contribution is 2.25. The number of nitrogen functional groups attached to an aromatic ring is 1. The van der Waals surface area contributed by atoms with Crippen LogP contribution >= 0.6 is 0 Å². The number of nitrogens with zero attached hydrogens (tertiary/aromatic N) is 1. The lowest BCUT2D eigenvalue weighted by molar-refractivity contribution is 0.0955. The van der Waals surface area contributed by atoms with Gasteiger partial charge < -0.3 is 15.2 Å². The van der Waals surface area contributed by atoms with Crippen LogP contribution in [0.2, 0.25) is 0 Å². The molecule has 0 bridgehead atoms. The molecule has 2 rings (SSSR count). The third kappa shape index (κ3) is 4.00. The maximum Gasteiger partial charge on any atom is 0.271 e. The smallest absolute Gasteiger partial charge is 0.271 e. The number of hydrogen-bond donors (Lipinski definition) is 2. The number of methoxy groups -OCH3 is 2. The Balaban J connectivity index is 2.16. The molecule has 0 aliphatic rings. The van der Waals surface area contributed by atoms with Gasteiger partial charge in [-0.05, 0) is 43.3 Å². The Labute approximate surface area is 134 Å². The maximum atomic E-state index is 12.0. The lowest BCUT2D eigenvalue weighted by Gasteiger charge is -2.10. The van der Waals surface area contributed by atoms with Crippen LogP contribution in [0.5, 0.6) is 11.5 Å². The van der Waals surface area contributed by atoms with Crippen molar-refractivity contribution in [3.05, 3.63) is 53.6 Å². The first-order chi connectivity index (χ1) is 11.0. The van der Waals surface area contributed by atoms with E-state index in [2.05, 4.69) is 10.5 Å². The fourth-order valence-electron chi connectivity index (χ4n) is 1.99. The molecule has 0 aromatic heterocycles. The van der Waals surface area contributed by atoms with E-state index in [4.69, 9.17) is 15.2 Å². The number of nitrogens with one attached hydrogen (secondary N) is 1. The van der Waals surface area contributed by atoms with Crippen LogP contribution in [-0.4, -0.2) is 25.8 Å². The Hall–Kier alpha value is -3.02. The van der Waals surface area contributed by atoms with Crippen LogP contribution in [-0.2, 0) is 0 Å². The number of carbonyl (C=O) groups excluding carboxylic acids is 1. The summed E-state index contributed by atoms with van der Waals surface area (Å²) in [6.07, 6.45) is 0. The van der Waals surface area contributed by atoms with Gasteiger partial charge in [0.2, 0.25) is 0 Å². The summed E-state index contributed by atoms with van der Waals surface area (Å²) in [7, 11) is 3.15. The lowest BCUT2D eigenvalue weighted by Crippen LogP contribution is -2.19. The van der Waals surface area contributed by atoms with Crippen LogP contribution in [0.3, 0.4) is 0 Å². The van der Waals surface area contributed by atoms with Crippen LogP contribution in [0.4, 0.5) is 5.69 Å². The molecule has 0 saturated carbocycles. The summed E-state index contributed by atoms with van der Waals surface area (Å²) < 4.78 is 10.5. The summed E-state index contributed by atoms with van der Waals surface area (Å²) in [4.78, 5) is 12.0. The fraction of sp³-hybridized carbons (Fsp3) is 0.176. The van der Waals surface area contributed by atoms with Crippen molar-refractivity contribution in [1.29, 1.82) is 0 Å². The molecule has 0 spiro atoms. The summed E-state index contributed by atoms with van der Waals surface area (Å²) in [5.41, 5.74) is 10.6. The van der Waals surface area contributed by atoms with E-state index in [9.17, 15) is 4.79 Å². The minimum atomic E-state index is -0.308. The number of hydrazone groups is 1. The van der Waals surface area contributed by atoms with E-state index in [1.54, 1.807) is 57.5 Å². The highest BCUT2D eigenvalue weighted by atomic mass is 16.5. The van der Waals surface area contributed by atoms with Crippen LogP contribution in [0.1, 0.15) is 22.8 Å². The fourth-order valence-corrected chi connectivity index (χ4v) is 1.99. The van der Waals surface area contributed by atoms with Gasteiger partial charge in [-0.1, -0.05) is 0 Å². The largest absolute Gasteiger partial charge is 0.497 e. The summed E-state index contributed by atoms with van der Waals surface area (Å²) in [6, 6.07) is 12.0. The van der Waals surface area contributed by atoms with Gasteiger partial charge in [0.05, 0.1) is 19.9 Å². The first-order valence-electron chi connectivity index (χ1n) is 6.97. The van der Waals surface area contributed by atoms with E-state index in [1.807, 2.05) is 6.07 Å². The molecule has 6 nitrogen and oxygen atoms in total.